The number of nitro groups is 1. The SMILES string of the molecule is CC1(CNS(=O)(=O)c2ccc([N+](=O)[O-])c(F)c2)CCCO1. The van der Waals surface area contributed by atoms with E-state index in [1.807, 2.05) is 0 Å². The summed E-state index contributed by atoms with van der Waals surface area (Å²) in [5.74, 6) is -1.19. The van der Waals surface area contributed by atoms with Gasteiger partial charge in [-0.05, 0) is 25.8 Å². The summed E-state index contributed by atoms with van der Waals surface area (Å²) in [4.78, 5) is 9.24. The number of nitro benzene ring substituents is 1. The van der Waals surface area contributed by atoms with E-state index in [0.29, 0.717) is 12.7 Å². The van der Waals surface area contributed by atoms with Crippen molar-refractivity contribution < 1.29 is 22.5 Å². The van der Waals surface area contributed by atoms with Crippen molar-refractivity contribution in [2.24, 2.45) is 0 Å². The van der Waals surface area contributed by atoms with Crippen LogP contribution in [0.1, 0.15) is 19.8 Å². The first-order chi connectivity index (χ1) is 9.73. The number of nitrogens with one attached hydrogen (secondary N) is 1. The van der Waals surface area contributed by atoms with Crippen LogP contribution in [0, 0.1) is 15.9 Å². The molecule has 9 heteroatoms. The Kier molecular flexibility index (Phi) is 4.26. The molecular formula is C12H15FN2O5S. The lowest BCUT2D eigenvalue weighted by Gasteiger charge is -2.23. The number of benzene rings is 1. The molecule has 0 amide bonds. The molecule has 1 atom stereocenters. The highest BCUT2D eigenvalue weighted by molar-refractivity contribution is 7.89. The Labute approximate surface area is 121 Å². The molecule has 21 heavy (non-hydrogen) atoms. The van der Waals surface area contributed by atoms with Gasteiger partial charge >= 0.3 is 5.69 Å². The van der Waals surface area contributed by atoms with Crippen molar-refractivity contribution in [3.05, 3.63) is 34.1 Å². The number of hydrogen-bond donors (Lipinski definition) is 1. The van der Waals surface area contributed by atoms with E-state index in [0.717, 1.165) is 25.0 Å². The monoisotopic (exact) mass is 318 g/mol. The van der Waals surface area contributed by atoms with Gasteiger partial charge in [-0.25, -0.2) is 13.1 Å². The van der Waals surface area contributed by atoms with E-state index in [1.165, 1.54) is 0 Å². The van der Waals surface area contributed by atoms with Crippen LogP contribution in [0.2, 0.25) is 0 Å². The van der Waals surface area contributed by atoms with E-state index in [9.17, 15) is 22.9 Å². The topological polar surface area (TPSA) is 98.5 Å². The minimum atomic E-state index is -3.94. The molecule has 1 heterocycles. The lowest BCUT2D eigenvalue weighted by Crippen LogP contribution is -2.40. The summed E-state index contributed by atoms with van der Waals surface area (Å²) in [5.41, 5.74) is -1.34. The predicted octanol–water partition coefficient (Wildman–Crippen LogP) is 1.58. The van der Waals surface area contributed by atoms with Crippen molar-refractivity contribution >= 4 is 15.7 Å². The fraction of sp³-hybridized carbons (Fsp3) is 0.500. The van der Waals surface area contributed by atoms with E-state index in [2.05, 4.69) is 4.72 Å². The Morgan fingerprint density at radius 1 is 1.52 bits per heavy atom. The van der Waals surface area contributed by atoms with E-state index in [4.69, 9.17) is 4.74 Å². The maximum absolute atomic E-state index is 13.5. The number of hydrogen-bond acceptors (Lipinski definition) is 5. The van der Waals surface area contributed by atoms with Crippen molar-refractivity contribution in [2.45, 2.75) is 30.3 Å². The summed E-state index contributed by atoms with van der Waals surface area (Å²) in [7, 11) is -3.94. The molecule has 1 aromatic rings. The Balaban J connectivity index is 2.16. The van der Waals surface area contributed by atoms with Crippen LogP contribution in [0.5, 0.6) is 0 Å². The normalized spacial score (nSPS) is 22.4. The van der Waals surface area contributed by atoms with E-state index < -0.39 is 32.1 Å². The van der Waals surface area contributed by atoms with Gasteiger partial charge in [0.25, 0.3) is 0 Å². The summed E-state index contributed by atoms with van der Waals surface area (Å²) in [6, 6.07) is 2.47. The zero-order valence-corrected chi connectivity index (χ0v) is 12.2. The molecule has 0 radical (unpaired) electrons. The maximum atomic E-state index is 13.5. The molecule has 0 bridgehead atoms. The van der Waals surface area contributed by atoms with Gasteiger partial charge in [-0.3, -0.25) is 10.1 Å². The summed E-state index contributed by atoms with van der Waals surface area (Å²) in [5, 5.41) is 10.5. The molecule has 1 fully saturated rings. The zero-order valence-electron chi connectivity index (χ0n) is 11.3. The first kappa shape index (κ1) is 15.8. The largest absolute Gasteiger partial charge is 0.374 e. The van der Waals surface area contributed by atoms with Gasteiger partial charge in [0.05, 0.1) is 15.4 Å². The number of rotatable bonds is 5. The van der Waals surface area contributed by atoms with Crippen LogP contribution < -0.4 is 4.72 Å². The standard InChI is InChI=1S/C12H15FN2O5S/c1-12(5-2-6-20-12)8-14-21(18,19)9-3-4-11(15(16)17)10(13)7-9/h3-4,7,14H,2,5-6,8H2,1H3. The molecule has 1 N–H and O–H groups in total. The van der Waals surface area contributed by atoms with Gasteiger partial charge in [0, 0.05) is 25.3 Å². The highest BCUT2D eigenvalue weighted by atomic mass is 32.2. The summed E-state index contributed by atoms with van der Waals surface area (Å²) in [6.07, 6.45) is 1.58. The summed E-state index contributed by atoms with van der Waals surface area (Å²) < 4.78 is 45.4. The van der Waals surface area contributed by atoms with E-state index >= 15 is 0 Å². The van der Waals surface area contributed by atoms with Crippen molar-refractivity contribution in [2.75, 3.05) is 13.2 Å². The van der Waals surface area contributed by atoms with E-state index in [-0.39, 0.29) is 11.4 Å². The van der Waals surface area contributed by atoms with Crippen molar-refractivity contribution in [1.82, 2.24) is 4.72 Å². The van der Waals surface area contributed by atoms with Crippen molar-refractivity contribution in [3.8, 4) is 0 Å². The fourth-order valence-corrected chi connectivity index (χ4v) is 3.28. The second kappa shape index (κ2) is 5.66. The van der Waals surface area contributed by atoms with Gasteiger partial charge < -0.3 is 4.74 Å². The Hall–Kier alpha value is -1.58. The molecule has 7 nitrogen and oxygen atoms in total. The van der Waals surface area contributed by atoms with Crippen LogP contribution in [0.25, 0.3) is 0 Å². The third kappa shape index (κ3) is 3.55. The smallest absolute Gasteiger partial charge is 0.304 e. The number of halogens is 1. The van der Waals surface area contributed by atoms with E-state index in [1.54, 1.807) is 6.92 Å². The average molecular weight is 318 g/mol. The van der Waals surface area contributed by atoms with Gasteiger partial charge in [0.15, 0.2) is 0 Å². The molecule has 1 aliphatic heterocycles. The number of nitrogens with zero attached hydrogens (tertiary/aromatic N) is 1. The van der Waals surface area contributed by atoms with Gasteiger partial charge in [-0.1, -0.05) is 0 Å². The molecule has 2 rings (SSSR count). The van der Waals surface area contributed by atoms with Crippen LogP contribution in [-0.4, -0.2) is 32.1 Å². The van der Waals surface area contributed by atoms with Crippen LogP contribution in [0.15, 0.2) is 23.1 Å². The molecule has 0 saturated carbocycles. The molecule has 0 aromatic heterocycles. The number of sulfonamides is 1. The van der Waals surface area contributed by atoms with Crippen LogP contribution >= 0.6 is 0 Å². The van der Waals surface area contributed by atoms with Crippen LogP contribution in [0.3, 0.4) is 0 Å². The quantitative estimate of drug-likeness (QED) is 0.656. The second-order valence-electron chi connectivity index (χ2n) is 5.10. The first-order valence-corrected chi connectivity index (χ1v) is 7.79. The summed E-state index contributed by atoms with van der Waals surface area (Å²) in [6.45, 7) is 2.43. The molecule has 1 aromatic carbocycles. The van der Waals surface area contributed by atoms with Crippen LogP contribution in [-0.2, 0) is 14.8 Å². The third-order valence-electron chi connectivity index (χ3n) is 3.36. The van der Waals surface area contributed by atoms with Gasteiger partial charge in [-0.2, -0.15) is 4.39 Å². The third-order valence-corrected chi connectivity index (χ3v) is 4.76. The molecule has 1 aliphatic rings. The second-order valence-corrected chi connectivity index (χ2v) is 6.86. The minimum Gasteiger partial charge on any atom is -0.374 e. The fourth-order valence-electron chi connectivity index (χ4n) is 2.11. The Morgan fingerprint density at radius 2 is 2.24 bits per heavy atom. The minimum absolute atomic E-state index is 0.0634. The Bertz CT molecular complexity index is 656. The molecule has 1 unspecified atom stereocenters. The first-order valence-electron chi connectivity index (χ1n) is 6.31. The Morgan fingerprint density at radius 3 is 2.76 bits per heavy atom. The highest BCUT2D eigenvalue weighted by Crippen LogP contribution is 2.25. The van der Waals surface area contributed by atoms with Gasteiger partial charge in [0.1, 0.15) is 0 Å². The van der Waals surface area contributed by atoms with Gasteiger partial charge in [0.2, 0.25) is 15.8 Å². The lowest BCUT2D eigenvalue weighted by atomic mass is 10.0. The van der Waals surface area contributed by atoms with Crippen molar-refractivity contribution in [3.63, 3.8) is 0 Å². The summed E-state index contributed by atoms with van der Waals surface area (Å²) >= 11 is 0. The zero-order chi connectivity index (χ0) is 15.7. The lowest BCUT2D eigenvalue weighted by molar-refractivity contribution is -0.387. The molecule has 0 aliphatic carbocycles. The predicted molar refractivity (Wildman–Crippen MR) is 71.8 cm³/mol. The maximum Gasteiger partial charge on any atom is 0.304 e. The van der Waals surface area contributed by atoms with Gasteiger partial charge in [-0.15, -0.1) is 0 Å². The highest BCUT2D eigenvalue weighted by Gasteiger charge is 2.31. The average Bonchev–Trinajstić information content (AvgIpc) is 2.84. The molecule has 0 spiro atoms. The van der Waals surface area contributed by atoms with Crippen molar-refractivity contribution in [1.29, 1.82) is 0 Å². The van der Waals surface area contributed by atoms with Crippen LogP contribution in [0.4, 0.5) is 10.1 Å². The molecular weight excluding hydrogens is 303 g/mol. The number of ether oxygens (including phenoxy) is 1. The molecule has 116 valence electrons. The molecule has 1 saturated heterocycles.